The lowest BCUT2D eigenvalue weighted by molar-refractivity contribution is -0.384. The Morgan fingerprint density at radius 1 is 1.09 bits per heavy atom. The number of nitrogens with zero attached hydrogens (tertiary/aromatic N) is 1. The topological polar surface area (TPSA) is 228 Å². The number of rotatable bonds is 10. The van der Waals surface area contributed by atoms with Gasteiger partial charge in [-0.3, -0.25) is 29.3 Å². The fourth-order valence-electron chi connectivity index (χ4n) is 2.61. The minimum absolute atomic E-state index is 0.0107. The van der Waals surface area contributed by atoms with Crippen LogP contribution in [0.3, 0.4) is 0 Å². The van der Waals surface area contributed by atoms with Crippen molar-refractivity contribution in [2.24, 2.45) is 0 Å². The predicted octanol–water partition coefficient (Wildman–Crippen LogP) is -1.62. The fraction of sp³-hybridized carbons (Fsp3) is 0.450. The lowest BCUT2D eigenvalue weighted by Crippen LogP contribution is -2.65. The van der Waals surface area contributed by atoms with Crippen LogP contribution in [-0.2, 0) is 40.1 Å². The van der Waals surface area contributed by atoms with Gasteiger partial charge in [0, 0.05) is 26.0 Å². The van der Waals surface area contributed by atoms with Crippen molar-refractivity contribution in [3.63, 3.8) is 0 Å². The van der Waals surface area contributed by atoms with E-state index in [0.717, 1.165) is 27.9 Å². The number of carbonyl (C=O) groups is 5. The van der Waals surface area contributed by atoms with E-state index in [0.29, 0.717) is 5.56 Å². The summed E-state index contributed by atoms with van der Waals surface area (Å²) in [6, 6.07) is 5.91. The van der Waals surface area contributed by atoms with Crippen molar-refractivity contribution < 1.29 is 58.8 Å². The summed E-state index contributed by atoms with van der Waals surface area (Å²) < 4.78 is 8.68. The molecule has 0 radical (unpaired) electrons. The van der Waals surface area contributed by atoms with Crippen molar-refractivity contribution in [3.8, 4) is 0 Å². The molecule has 1 aromatic rings. The summed E-state index contributed by atoms with van der Waals surface area (Å²) in [5, 5.41) is 48.2. The van der Waals surface area contributed by atoms with Crippen LogP contribution >= 0.6 is 0 Å². The molecule has 0 bridgehead atoms. The van der Waals surface area contributed by atoms with Gasteiger partial charge >= 0.3 is 11.9 Å². The van der Waals surface area contributed by atoms with Gasteiger partial charge < -0.3 is 29.9 Å². The molecule has 3 unspecified atom stereocenters. The second-order valence-electron chi connectivity index (χ2n) is 6.76. The smallest absolute Gasteiger partial charge is 0.337 e. The SMILES string of the molecule is COC(=O)C(O)C(O)C(O)[C@](OC(C)=O)(C(C)=O)C(=O)C(C)=O.O=[N+]([O-])c1cccc(CO)c1. The number of hydrogen-bond acceptors (Lipinski definition) is 13. The molecule has 0 aliphatic heterocycles. The highest BCUT2D eigenvalue weighted by Crippen LogP contribution is 2.25. The van der Waals surface area contributed by atoms with Gasteiger partial charge in [0.1, 0.15) is 12.2 Å². The second kappa shape index (κ2) is 13.2. The van der Waals surface area contributed by atoms with Crippen LogP contribution in [0.15, 0.2) is 24.3 Å². The molecule has 1 aromatic carbocycles. The van der Waals surface area contributed by atoms with Gasteiger partial charge in [0.15, 0.2) is 17.7 Å². The van der Waals surface area contributed by atoms with Crippen LogP contribution in [0.5, 0.6) is 0 Å². The van der Waals surface area contributed by atoms with Gasteiger partial charge in [-0.15, -0.1) is 0 Å². The molecular formula is C20H25NO13. The molecular weight excluding hydrogens is 462 g/mol. The standard InChI is InChI=1S/C13H18O10.C7H7NO3/c1-5(14)10(19)13(6(2)15,23-7(3)16)11(20)8(17)9(18)12(21)22-4;9-5-6-2-1-3-7(4-6)8(10)11/h8-9,11,17-18,20H,1-4H3;1-4,9H,5H2/t8?,9?,11?,13-;/m0./s1. The minimum Gasteiger partial charge on any atom is -0.467 e. The average molecular weight is 487 g/mol. The Morgan fingerprint density at radius 2 is 1.65 bits per heavy atom. The Bertz CT molecular complexity index is 944. The Hall–Kier alpha value is -3.59. The fourth-order valence-corrected chi connectivity index (χ4v) is 2.61. The molecule has 0 aliphatic rings. The number of Topliss-reactive ketones (excluding diaryl/α,β-unsaturated/α-hetero) is 3. The van der Waals surface area contributed by atoms with E-state index in [1.54, 1.807) is 12.1 Å². The summed E-state index contributed by atoms with van der Waals surface area (Å²) >= 11 is 0. The maximum absolute atomic E-state index is 12.0. The van der Waals surface area contributed by atoms with Crippen molar-refractivity contribution >= 4 is 35.0 Å². The van der Waals surface area contributed by atoms with Crippen molar-refractivity contribution in [3.05, 3.63) is 39.9 Å². The van der Waals surface area contributed by atoms with Crippen LogP contribution in [0.2, 0.25) is 0 Å². The predicted molar refractivity (Wildman–Crippen MR) is 110 cm³/mol. The number of aliphatic hydroxyl groups excluding tert-OH is 4. The first-order chi connectivity index (χ1) is 15.7. The normalized spacial score (nSPS) is 14.7. The molecule has 188 valence electrons. The van der Waals surface area contributed by atoms with Gasteiger partial charge in [-0.05, 0) is 12.5 Å². The highest BCUT2D eigenvalue weighted by Gasteiger charge is 2.58. The Morgan fingerprint density at radius 3 is 2.03 bits per heavy atom. The van der Waals surface area contributed by atoms with E-state index in [2.05, 4.69) is 9.47 Å². The van der Waals surface area contributed by atoms with Gasteiger partial charge in [0.25, 0.3) is 17.1 Å². The Kier molecular flexibility index (Phi) is 11.8. The van der Waals surface area contributed by atoms with E-state index in [1.165, 1.54) is 12.1 Å². The van der Waals surface area contributed by atoms with Crippen LogP contribution in [0.25, 0.3) is 0 Å². The molecule has 0 saturated carbocycles. The zero-order valence-corrected chi connectivity index (χ0v) is 18.7. The van der Waals surface area contributed by atoms with E-state index in [-0.39, 0.29) is 12.3 Å². The quantitative estimate of drug-likeness (QED) is 0.0957. The average Bonchev–Trinajstić information content (AvgIpc) is 2.79. The van der Waals surface area contributed by atoms with Crippen molar-refractivity contribution in [1.82, 2.24) is 0 Å². The molecule has 0 aliphatic carbocycles. The third-order valence-corrected chi connectivity index (χ3v) is 4.29. The Balaban J connectivity index is 0.000000818. The van der Waals surface area contributed by atoms with Crippen LogP contribution < -0.4 is 0 Å². The van der Waals surface area contributed by atoms with E-state index in [1.807, 2.05) is 0 Å². The summed E-state index contributed by atoms with van der Waals surface area (Å²) in [5.41, 5.74) is -2.53. The number of benzene rings is 1. The van der Waals surface area contributed by atoms with Gasteiger partial charge in [-0.1, -0.05) is 12.1 Å². The van der Waals surface area contributed by atoms with E-state index < -0.39 is 58.1 Å². The molecule has 4 atom stereocenters. The Labute approximate surface area is 192 Å². The highest BCUT2D eigenvalue weighted by molar-refractivity contribution is 6.44. The van der Waals surface area contributed by atoms with Gasteiger partial charge in [-0.2, -0.15) is 0 Å². The number of aliphatic hydroxyl groups is 4. The third-order valence-electron chi connectivity index (χ3n) is 4.29. The summed E-state index contributed by atoms with van der Waals surface area (Å²) in [4.78, 5) is 67.3. The summed E-state index contributed by atoms with van der Waals surface area (Å²) in [6.07, 6.45) is -7.40. The van der Waals surface area contributed by atoms with Crippen LogP contribution in [-0.4, -0.2) is 85.7 Å². The molecule has 14 heteroatoms. The minimum atomic E-state index is -3.09. The molecule has 0 saturated heterocycles. The zero-order valence-electron chi connectivity index (χ0n) is 18.7. The lowest BCUT2D eigenvalue weighted by Gasteiger charge is -2.35. The monoisotopic (exact) mass is 487 g/mol. The van der Waals surface area contributed by atoms with Crippen molar-refractivity contribution in [2.45, 2.75) is 51.3 Å². The van der Waals surface area contributed by atoms with E-state index >= 15 is 0 Å². The first-order valence-corrected chi connectivity index (χ1v) is 9.39. The van der Waals surface area contributed by atoms with Crippen LogP contribution in [0.4, 0.5) is 5.69 Å². The number of nitro groups is 1. The van der Waals surface area contributed by atoms with E-state index in [9.17, 15) is 49.4 Å². The molecule has 34 heavy (non-hydrogen) atoms. The largest absolute Gasteiger partial charge is 0.467 e. The third kappa shape index (κ3) is 7.48. The molecule has 4 N–H and O–H groups in total. The molecule has 1 rings (SSSR count). The molecule has 0 aromatic heterocycles. The molecule has 0 fully saturated rings. The van der Waals surface area contributed by atoms with Crippen LogP contribution in [0.1, 0.15) is 26.3 Å². The highest BCUT2D eigenvalue weighted by atomic mass is 16.6. The molecule has 0 heterocycles. The van der Waals surface area contributed by atoms with Crippen molar-refractivity contribution in [1.29, 1.82) is 0 Å². The number of hydrogen-bond donors (Lipinski definition) is 4. The number of nitro benzene ring substituents is 1. The second-order valence-corrected chi connectivity index (χ2v) is 6.76. The molecule has 0 spiro atoms. The summed E-state index contributed by atoms with van der Waals surface area (Å²) in [7, 11) is 0.871. The van der Waals surface area contributed by atoms with Gasteiger partial charge in [0.05, 0.1) is 18.6 Å². The number of non-ortho nitro benzene ring substituents is 1. The maximum atomic E-state index is 12.0. The summed E-state index contributed by atoms with van der Waals surface area (Å²) in [6.45, 7) is 2.10. The lowest BCUT2D eigenvalue weighted by atomic mass is 9.81. The number of methoxy groups -OCH3 is 1. The number of esters is 2. The first kappa shape index (κ1) is 30.4. The molecule has 14 nitrogen and oxygen atoms in total. The number of ketones is 3. The number of carbonyl (C=O) groups excluding carboxylic acids is 5. The van der Waals surface area contributed by atoms with Gasteiger partial charge in [0.2, 0.25) is 0 Å². The summed E-state index contributed by atoms with van der Waals surface area (Å²) in [5.74, 6) is -6.75. The zero-order chi connectivity index (χ0) is 26.8. The van der Waals surface area contributed by atoms with Crippen LogP contribution in [0, 0.1) is 10.1 Å². The first-order valence-electron chi connectivity index (χ1n) is 9.39. The number of ether oxygens (including phenoxy) is 2. The maximum Gasteiger partial charge on any atom is 0.337 e. The van der Waals surface area contributed by atoms with Gasteiger partial charge in [-0.25, -0.2) is 4.79 Å². The van der Waals surface area contributed by atoms with Crippen molar-refractivity contribution in [2.75, 3.05) is 7.11 Å². The molecule has 0 amide bonds. The van der Waals surface area contributed by atoms with E-state index in [4.69, 9.17) is 5.11 Å².